The third-order valence-electron chi connectivity index (χ3n) is 3.45. The van der Waals surface area contributed by atoms with Crippen LogP contribution in [0, 0.1) is 13.8 Å². The zero-order valence-corrected chi connectivity index (χ0v) is 11.9. The monoisotopic (exact) mass is 262 g/mol. The van der Waals surface area contributed by atoms with Gasteiger partial charge in [0.05, 0.1) is 12.8 Å². The Morgan fingerprint density at radius 2 is 2.00 bits per heavy atom. The molecule has 0 atom stereocenters. The number of anilines is 1. The van der Waals surface area contributed by atoms with Crippen LogP contribution in [-0.4, -0.2) is 25.6 Å². The molecule has 0 aliphatic heterocycles. The van der Waals surface area contributed by atoms with E-state index in [9.17, 15) is 4.79 Å². The van der Waals surface area contributed by atoms with E-state index in [0.29, 0.717) is 18.2 Å². The second-order valence-corrected chi connectivity index (χ2v) is 5.16. The van der Waals surface area contributed by atoms with Gasteiger partial charge in [0.25, 0.3) is 0 Å². The molecule has 1 saturated carbocycles. The van der Waals surface area contributed by atoms with Crippen LogP contribution in [0.4, 0.5) is 5.69 Å². The van der Waals surface area contributed by atoms with Crippen LogP contribution < -0.4 is 15.4 Å². The molecular weight excluding hydrogens is 240 g/mol. The normalized spacial score (nSPS) is 14.3. The summed E-state index contributed by atoms with van der Waals surface area (Å²) in [5, 5.41) is 6.25. The molecule has 0 heterocycles. The summed E-state index contributed by atoms with van der Waals surface area (Å²) in [5.41, 5.74) is 3.06. The largest absolute Gasteiger partial charge is 0.495 e. The zero-order chi connectivity index (χ0) is 13.8. The van der Waals surface area contributed by atoms with Gasteiger partial charge in [0.1, 0.15) is 5.75 Å². The number of amides is 1. The number of hydrogen-bond acceptors (Lipinski definition) is 3. The number of carbonyl (C=O) groups is 1. The van der Waals surface area contributed by atoms with Crippen molar-refractivity contribution >= 4 is 11.6 Å². The van der Waals surface area contributed by atoms with Gasteiger partial charge in [0.15, 0.2) is 0 Å². The van der Waals surface area contributed by atoms with Crippen LogP contribution in [0.15, 0.2) is 12.1 Å². The van der Waals surface area contributed by atoms with E-state index in [1.54, 1.807) is 7.11 Å². The maximum atomic E-state index is 11.9. The minimum Gasteiger partial charge on any atom is -0.495 e. The Hall–Kier alpha value is -1.55. The van der Waals surface area contributed by atoms with Crippen molar-refractivity contribution in [1.29, 1.82) is 0 Å². The number of hydrogen-bond donors (Lipinski definition) is 2. The Morgan fingerprint density at radius 1 is 1.32 bits per heavy atom. The second-order valence-electron chi connectivity index (χ2n) is 5.16. The third kappa shape index (κ3) is 3.96. The van der Waals surface area contributed by atoms with Crippen molar-refractivity contribution in [3.05, 3.63) is 23.3 Å². The Kier molecular flexibility index (Phi) is 4.43. The topological polar surface area (TPSA) is 50.4 Å². The summed E-state index contributed by atoms with van der Waals surface area (Å²) in [4.78, 5) is 11.9. The Labute approximate surface area is 114 Å². The Balaban J connectivity index is 1.92. The van der Waals surface area contributed by atoms with Gasteiger partial charge in [-0.05, 0) is 49.9 Å². The first-order chi connectivity index (χ1) is 9.10. The fourth-order valence-corrected chi connectivity index (χ4v) is 1.95. The maximum Gasteiger partial charge on any atom is 0.225 e. The molecule has 4 heteroatoms. The second kappa shape index (κ2) is 6.06. The van der Waals surface area contributed by atoms with Gasteiger partial charge in [0, 0.05) is 19.0 Å². The van der Waals surface area contributed by atoms with E-state index >= 15 is 0 Å². The van der Waals surface area contributed by atoms with Gasteiger partial charge in [-0.2, -0.15) is 0 Å². The minimum absolute atomic E-state index is 0.0229. The van der Waals surface area contributed by atoms with Crippen molar-refractivity contribution in [1.82, 2.24) is 5.32 Å². The van der Waals surface area contributed by atoms with Crippen LogP contribution in [0.1, 0.15) is 30.4 Å². The lowest BCUT2D eigenvalue weighted by Gasteiger charge is -2.13. The lowest BCUT2D eigenvalue weighted by atomic mass is 10.1. The molecule has 0 unspecified atom stereocenters. The highest BCUT2D eigenvalue weighted by atomic mass is 16.5. The summed E-state index contributed by atoms with van der Waals surface area (Å²) in [6, 6.07) is 4.55. The molecule has 1 aliphatic carbocycles. The molecule has 1 amide bonds. The first-order valence-electron chi connectivity index (χ1n) is 6.78. The lowest BCUT2D eigenvalue weighted by Crippen LogP contribution is -2.23. The standard InChI is InChI=1S/C15H22N2O2/c1-10-8-13(14(19-3)9-11(10)2)17-15(18)6-7-16-12-4-5-12/h8-9,12,16H,4-7H2,1-3H3,(H,17,18). The summed E-state index contributed by atoms with van der Waals surface area (Å²) in [6.07, 6.45) is 2.98. The molecule has 104 valence electrons. The van der Waals surface area contributed by atoms with E-state index in [-0.39, 0.29) is 5.91 Å². The summed E-state index contributed by atoms with van der Waals surface area (Å²) in [6.45, 7) is 4.80. The van der Waals surface area contributed by atoms with Gasteiger partial charge in [-0.1, -0.05) is 0 Å². The smallest absolute Gasteiger partial charge is 0.225 e. The lowest BCUT2D eigenvalue weighted by molar-refractivity contribution is -0.116. The molecule has 0 radical (unpaired) electrons. The van der Waals surface area contributed by atoms with Crippen LogP contribution in [-0.2, 0) is 4.79 Å². The zero-order valence-electron chi connectivity index (χ0n) is 11.9. The number of aryl methyl sites for hydroxylation is 2. The maximum absolute atomic E-state index is 11.9. The predicted octanol–water partition coefficient (Wildman–Crippen LogP) is 2.39. The van der Waals surface area contributed by atoms with Crippen molar-refractivity contribution in [2.75, 3.05) is 19.0 Å². The van der Waals surface area contributed by atoms with Gasteiger partial charge < -0.3 is 15.4 Å². The number of ether oxygens (including phenoxy) is 1. The molecule has 4 nitrogen and oxygen atoms in total. The molecule has 0 saturated heterocycles. The SMILES string of the molecule is COc1cc(C)c(C)cc1NC(=O)CCNC1CC1. The molecule has 2 N–H and O–H groups in total. The summed E-state index contributed by atoms with van der Waals surface area (Å²) in [5.74, 6) is 0.737. The van der Waals surface area contributed by atoms with Gasteiger partial charge in [-0.3, -0.25) is 4.79 Å². The van der Waals surface area contributed by atoms with Crippen molar-refractivity contribution in [2.24, 2.45) is 0 Å². The number of benzene rings is 1. The molecule has 0 bridgehead atoms. The molecule has 1 aromatic carbocycles. The van der Waals surface area contributed by atoms with E-state index in [1.165, 1.54) is 12.8 Å². The summed E-state index contributed by atoms with van der Waals surface area (Å²) in [7, 11) is 1.62. The first-order valence-corrected chi connectivity index (χ1v) is 6.78. The Bertz CT molecular complexity index is 467. The molecule has 2 rings (SSSR count). The summed E-state index contributed by atoms with van der Waals surface area (Å²) >= 11 is 0. The quantitative estimate of drug-likeness (QED) is 0.827. The van der Waals surface area contributed by atoms with Crippen molar-refractivity contribution in [2.45, 2.75) is 39.2 Å². The Morgan fingerprint density at radius 3 is 2.63 bits per heavy atom. The van der Waals surface area contributed by atoms with E-state index in [4.69, 9.17) is 4.74 Å². The van der Waals surface area contributed by atoms with Crippen molar-refractivity contribution in [3.8, 4) is 5.75 Å². The van der Waals surface area contributed by atoms with Gasteiger partial charge in [-0.25, -0.2) is 0 Å². The highest BCUT2D eigenvalue weighted by Gasteiger charge is 2.20. The first kappa shape index (κ1) is 13.9. The molecule has 1 fully saturated rings. The number of methoxy groups -OCH3 is 1. The fourth-order valence-electron chi connectivity index (χ4n) is 1.95. The number of rotatable bonds is 6. The molecule has 1 aromatic rings. The van der Waals surface area contributed by atoms with E-state index in [2.05, 4.69) is 10.6 Å². The minimum atomic E-state index is 0.0229. The molecular formula is C15H22N2O2. The van der Waals surface area contributed by atoms with Gasteiger partial charge >= 0.3 is 0 Å². The van der Waals surface area contributed by atoms with Crippen LogP contribution in [0.5, 0.6) is 5.75 Å². The number of nitrogens with one attached hydrogen (secondary N) is 2. The van der Waals surface area contributed by atoms with Crippen LogP contribution in [0.25, 0.3) is 0 Å². The number of carbonyl (C=O) groups excluding carboxylic acids is 1. The average molecular weight is 262 g/mol. The molecule has 19 heavy (non-hydrogen) atoms. The van der Waals surface area contributed by atoms with Crippen LogP contribution in [0.3, 0.4) is 0 Å². The van der Waals surface area contributed by atoms with E-state index in [1.807, 2.05) is 26.0 Å². The van der Waals surface area contributed by atoms with Crippen molar-refractivity contribution in [3.63, 3.8) is 0 Å². The van der Waals surface area contributed by atoms with Crippen molar-refractivity contribution < 1.29 is 9.53 Å². The average Bonchev–Trinajstić information content (AvgIpc) is 3.17. The highest BCUT2D eigenvalue weighted by molar-refractivity contribution is 5.92. The molecule has 1 aliphatic rings. The van der Waals surface area contributed by atoms with E-state index < -0.39 is 0 Å². The van der Waals surface area contributed by atoms with Crippen LogP contribution >= 0.6 is 0 Å². The molecule has 0 spiro atoms. The van der Waals surface area contributed by atoms with Gasteiger partial charge in [0.2, 0.25) is 5.91 Å². The molecule has 0 aromatic heterocycles. The van der Waals surface area contributed by atoms with Crippen LogP contribution in [0.2, 0.25) is 0 Å². The highest BCUT2D eigenvalue weighted by Crippen LogP contribution is 2.28. The van der Waals surface area contributed by atoms with Gasteiger partial charge in [-0.15, -0.1) is 0 Å². The summed E-state index contributed by atoms with van der Waals surface area (Å²) < 4.78 is 5.30. The fraction of sp³-hybridized carbons (Fsp3) is 0.533. The van der Waals surface area contributed by atoms with E-state index in [0.717, 1.165) is 23.4 Å². The third-order valence-corrected chi connectivity index (χ3v) is 3.45. The predicted molar refractivity (Wildman–Crippen MR) is 76.7 cm³/mol.